The fourth-order valence-corrected chi connectivity index (χ4v) is 4.47. The number of hydrogen-bond donors (Lipinski definition) is 1. The Labute approximate surface area is 175 Å². The van der Waals surface area contributed by atoms with Gasteiger partial charge in [0.15, 0.2) is 11.6 Å². The van der Waals surface area contributed by atoms with Crippen LogP contribution in [0.2, 0.25) is 0 Å². The summed E-state index contributed by atoms with van der Waals surface area (Å²) in [5.74, 6) is -0.157. The maximum Gasteiger partial charge on any atom is 0.339 e. The number of methoxy groups -OCH3 is 2. The van der Waals surface area contributed by atoms with Crippen molar-refractivity contribution in [1.82, 2.24) is 19.1 Å². The van der Waals surface area contributed by atoms with Crippen molar-refractivity contribution in [2.45, 2.75) is 17.9 Å². The number of sulfonamides is 1. The molecule has 0 saturated carbocycles. The van der Waals surface area contributed by atoms with Crippen LogP contribution in [0.5, 0.6) is 0 Å². The van der Waals surface area contributed by atoms with Crippen LogP contribution in [-0.4, -0.2) is 80.6 Å². The number of hydrogen-bond acceptors (Lipinski definition) is 9. The number of esters is 1. The van der Waals surface area contributed by atoms with Gasteiger partial charge >= 0.3 is 5.97 Å². The molecule has 1 fully saturated rings. The molecule has 0 bridgehead atoms. The monoisotopic (exact) mass is 439 g/mol. The minimum Gasteiger partial charge on any atom is -0.465 e. The van der Waals surface area contributed by atoms with Crippen molar-refractivity contribution in [2.75, 3.05) is 52.4 Å². The highest BCUT2D eigenvalue weighted by Crippen LogP contribution is 2.27. The predicted octanol–water partition coefficient (Wildman–Crippen LogP) is 0.866. The van der Waals surface area contributed by atoms with Crippen LogP contribution in [0.25, 0.3) is 0 Å². The first-order valence-electron chi connectivity index (χ1n) is 9.41. The van der Waals surface area contributed by atoms with Crippen LogP contribution < -0.4 is 5.32 Å². The van der Waals surface area contributed by atoms with Crippen molar-refractivity contribution in [2.24, 2.45) is 0 Å². The zero-order valence-electron chi connectivity index (χ0n) is 16.9. The number of carbonyl (C=O) groups is 1. The molecule has 164 valence electrons. The lowest BCUT2D eigenvalue weighted by molar-refractivity contribution is 0.0600. The summed E-state index contributed by atoms with van der Waals surface area (Å²) in [5.41, 5.74) is 0.0416. The van der Waals surface area contributed by atoms with Crippen molar-refractivity contribution >= 4 is 27.6 Å². The van der Waals surface area contributed by atoms with Gasteiger partial charge in [-0.15, -0.1) is 0 Å². The van der Waals surface area contributed by atoms with E-state index >= 15 is 0 Å². The third kappa shape index (κ3) is 5.14. The van der Waals surface area contributed by atoms with Gasteiger partial charge in [0.2, 0.25) is 10.0 Å². The van der Waals surface area contributed by atoms with E-state index in [1.807, 2.05) is 0 Å². The van der Waals surface area contributed by atoms with Gasteiger partial charge in [-0.25, -0.2) is 18.2 Å². The minimum atomic E-state index is -3.92. The first-order valence-corrected chi connectivity index (χ1v) is 10.9. The molecule has 12 heteroatoms. The van der Waals surface area contributed by atoms with E-state index in [-0.39, 0.29) is 29.4 Å². The number of nitrogens with zero attached hydrogens (tertiary/aromatic N) is 4. The first kappa shape index (κ1) is 22.2. The lowest BCUT2D eigenvalue weighted by atomic mass is 10.3. The number of ether oxygens (including phenoxy) is 3. The molecule has 3 rings (SSSR count). The topological polar surface area (TPSA) is 125 Å². The molecule has 2 aromatic heterocycles. The summed E-state index contributed by atoms with van der Waals surface area (Å²) in [4.78, 5) is 16.0. The Balaban J connectivity index is 1.90. The summed E-state index contributed by atoms with van der Waals surface area (Å²) in [6, 6.07) is 2.98. The highest BCUT2D eigenvalue weighted by molar-refractivity contribution is 7.89. The molecule has 0 radical (unpaired) electrons. The van der Waals surface area contributed by atoms with Crippen LogP contribution in [0.3, 0.4) is 0 Å². The summed E-state index contributed by atoms with van der Waals surface area (Å²) >= 11 is 0. The Morgan fingerprint density at radius 3 is 2.77 bits per heavy atom. The molecule has 2 aromatic rings. The summed E-state index contributed by atoms with van der Waals surface area (Å²) < 4.78 is 44.5. The molecule has 1 aliphatic rings. The number of morpholine rings is 1. The Bertz CT molecular complexity index is 971. The first-order chi connectivity index (χ1) is 14.5. The molecule has 1 aliphatic heterocycles. The highest BCUT2D eigenvalue weighted by Gasteiger charge is 2.30. The third-order valence-electron chi connectivity index (χ3n) is 4.48. The van der Waals surface area contributed by atoms with Gasteiger partial charge in [-0.1, -0.05) is 0 Å². The summed E-state index contributed by atoms with van der Waals surface area (Å²) in [7, 11) is -1.06. The van der Waals surface area contributed by atoms with Crippen LogP contribution >= 0.6 is 0 Å². The Hall–Kier alpha value is -2.54. The van der Waals surface area contributed by atoms with Gasteiger partial charge < -0.3 is 19.5 Å². The number of nitrogens with one attached hydrogen (secondary N) is 1. The molecular weight excluding hydrogens is 414 g/mol. The van der Waals surface area contributed by atoms with Crippen molar-refractivity contribution in [1.29, 1.82) is 0 Å². The lowest BCUT2D eigenvalue weighted by Gasteiger charge is -2.26. The van der Waals surface area contributed by atoms with Crippen LogP contribution in [-0.2, 0) is 30.8 Å². The van der Waals surface area contributed by atoms with Gasteiger partial charge in [0.05, 0.1) is 25.9 Å². The molecule has 0 unspecified atom stereocenters. The highest BCUT2D eigenvalue weighted by atomic mass is 32.2. The molecule has 30 heavy (non-hydrogen) atoms. The Morgan fingerprint density at radius 1 is 1.30 bits per heavy atom. The second-order valence-corrected chi connectivity index (χ2v) is 8.42. The standard InChI is InChI=1S/C18H25N5O6S/c1-27-9-3-5-22-6-4-16(21-22)20-17-15(12-14(13-19-17)18(24)28-2)30(25,26)23-7-10-29-11-8-23/h4,6,12-13H,3,5,7-11H2,1-2H3,(H,19,20,21). The van der Waals surface area contributed by atoms with Crippen molar-refractivity contribution in [3.8, 4) is 0 Å². The SMILES string of the molecule is COCCCn1ccc(Nc2ncc(C(=O)OC)cc2S(=O)(=O)N2CCOCC2)n1. The fourth-order valence-electron chi connectivity index (χ4n) is 2.94. The zero-order valence-corrected chi connectivity index (χ0v) is 17.7. The predicted molar refractivity (Wildman–Crippen MR) is 107 cm³/mol. The maximum atomic E-state index is 13.2. The van der Waals surface area contributed by atoms with E-state index in [2.05, 4.69) is 15.4 Å². The molecule has 0 aliphatic carbocycles. The van der Waals surface area contributed by atoms with Gasteiger partial charge in [-0.3, -0.25) is 4.68 Å². The third-order valence-corrected chi connectivity index (χ3v) is 6.40. The molecule has 0 aromatic carbocycles. The molecule has 1 saturated heterocycles. The lowest BCUT2D eigenvalue weighted by Crippen LogP contribution is -2.41. The summed E-state index contributed by atoms with van der Waals surface area (Å²) in [5, 5.41) is 7.33. The van der Waals surface area contributed by atoms with E-state index in [4.69, 9.17) is 14.2 Å². The van der Waals surface area contributed by atoms with E-state index in [0.717, 1.165) is 6.42 Å². The van der Waals surface area contributed by atoms with E-state index in [0.29, 0.717) is 32.2 Å². The molecule has 0 atom stereocenters. The van der Waals surface area contributed by atoms with E-state index < -0.39 is 16.0 Å². The normalized spacial score (nSPS) is 15.1. The van der Waals surface area contributed by atoms with E-state index in [9.17, 15) is 13.2 Å². The molecule has 11 nitrogen and oxygen atoms in total. The number of aryl methyl sites for hydroxylation is 1. The van der Waals surface area contributed by atoms with Gasteiger partial charge in [0, 0.05) is 51.8 Å². The Kier molecular flexibility index (Phi) is 7.37. The van der Waals surface area contributed by atoms with Gasteiger partial charge in [0.25, 0.3) is 0 Å². The molecule has 1 N–H and O–H groups in total. The number of pyridine rings is 1. The quantitative estimate of drug-likeness (QED) is 0.447. The maximum absolute atomic E-state index is 13.2. The average Bonchev–Trinajstić information content (AvgIpc) is 3.21. The van der Waals surface area contributed by atoms with E-state index in [1.165, 1.54) is 23.7 Å². The molecule has 3 heterocycles. The zero-order chi connectivity index (χ0) is 21.6. The number of rotatable bonds is 9. The van der Waals surface area contributed by atoms with Gasteiger partial charge in [-0.05, 0) is 12.5 Å². The van der Waals surface area contributed by atoms with Crippen molar-refractivity contribution in [3.63, 3.8) is 0 Å². The average molecular weight is 439 g/mol. The Morgan fingerprint density at radius 2 is 2.07 bits per heavy atom. The number of carbonyl (C=O) groups excluding carboxylic acids is 1. The summed E-state index contributed by atoms with van der Waals surface area (Å²) in [6.45, 7) is 2.32. The second-order valence-electron chi connectivity index (χ2n) is 6.51. The van der Waals surface area contributed by atoms with Crippen molar-refractivity contribution < 1.29 is 27.4 Å². The van der Waals surface area contributed by atoms with Crippen LogP contribution in [0.4, 0.5) is 11.6 Å². The van der Waals surface area contributed by atoms with Crippen LogP contribution in [0, 0.1) is 0 Å². The van der Waals surface area contributed by atoms with Crippen LogP contribution in [0.1, 0.15) is 16.8 Å². The van der Waals surface area contributed by atoms with Gasteiger partial charge in [-0.2, -0.15) is 9.40 Å². The fraction of sp³-hybridized carbons (Fsp3) is 0.500. The second kappa shape index (κ2) is 9.98. The minimum absolute atomic E-state index is 0.0416. The smallest absolute Gasteiger partial charge is 0.339 e. The van der Waals surface area contributed by atoms with Crippen molar-refractivity contribution in [3.05, 3.63) is 30.1 Å². The van der Waals surface area contributed by atoms with E-state index in [1.54, 1.807) is 24.1 Å². The largest absolute Gasteiger partial charge is 0.465 e. The number of aromatic nitrogens is 3. The molecule has 0 amide bonds. The molecule has 0 spiro atoms. The van der Waals surface area contributed by atoms with Gasteiger partial charge in [0.1, 0.15) is 4.90 Å². The molecular formula is C18H25N5O6S. The summed E-state index contributed by atoms with van der Waals surface area (Å²) in [6.07, 6.45) is 3.83. The number of anilines is 2. The van der Waals surface area contributed by atoms with Crippen LogP contribution in [0.15, 0.2) is 29.4 Å².